The molecule has 0 radical (unpaired) electrons. The maximum Gasteiger partial charge on any atom is 0.424 e. The van der Waals surface area contributed by atoms with E-state index in [1.807, 2.05) is 4.52 Å². The molecular weight excluding hydrogens is 292 g/mol. The molecule has 0 spiro atoms. The van der Waals surface area contributed by atoms with Crippen LogP contribution in [0.4, 0.5) is 21.0 Å². The molecule has 1 atom stereocenters. The van der Waals surface area contributed by atoms with Crippen molar-refractivity contribution >= 4 is 23.3 Å². The zero-order valence-corrected chi connectivity index (χ0v) is 11.1. The second-order valence-electron chi connectivity index (χ2n) is 3.06. The molecule has 0 aromatic carbocycles. The molecule has 1 heterocycles. The molecule has 16 heavy (non-hydrogen) atoms. The molecule has 0 amide bonds. The normalized spacial score (nSPS) is 31.5. The zero-order chi connectivity index (χ0) is 12.6. The Morgan fingerprint density at radius 1 is 0.938 bits per heavy atom. The largest absolute Gasteiger partial charge is 0.424 e. The molecule has 0 saturated carbocycles. The van der Waals surface area contributed by atoms with Crippen molar-refractivity contribution in [2.45, 2.75) is 13.3 Å². The van der Waals surface area contributed by atoms with Gasteiger partial charge in [0, 0.05) is 6.54 Å². The smallest absolute Gasteiger partial charge is 0.229 e. The third kappa shape index (κ3) is 3.39. The number of hydrogen-bond donors (Lipinski definition) is 0. The lowest BCUT2D eigenvalue weighted by Gasteiger charge is -2.24. The Kier molecular flexibility index (Phi) is 4.06. The quantitative estimate of drug-likeness (QED) is 0.463. The van der Waals surface area contributed by atoms with Crippen molar-refractivity contribution in [1.29, 1.82) is 0 Å². The van der Waals surface area contributed by atoms with Gasteiger partial charge in [0.2, 0.25) is 0 Å². The highest BCUT2D eigenvalue weighted by atomic mass is 31.3. The van der Waals surface area contributed by atoms with Crippen LogP contribution in [0.15, 0.2) is 13.5 Å². The van der Waals surface area contributed by atoms with Crippen molar-refractivity contribution in [3.63, 3.8) is 0 Å². The second kappa shape index (κ2) is 4.52. The van der Waals surface area contributed by atoms with E-state index in [1.54, 1.807) is 6.92 Å². The van der Waals surface area contributed by atoms with Crippen LogP contribution in [0.5, 0.6) is 0 Å². The van der Waals surface area contributed by atoms with Gasteiger partial charge in [-0.2, -0.15) is 4.20 Å². The van der Waals surface area contributed by atoms with Gasteiger partial charge >= 0.3 is 23.3 Å². The molecule has 1 aliphatic heterocycles. The van der Waals surface area contributed by atoms with Crippen LogP contribution in [0.3, 0.4) is 0 Å². The summed E-state index contributed by atoms with van der Waals surface area (Å²) in [4.78, 5) is 0. The third-order valence-corrected chi connectivity index (χ3v) is 7.97. The van der Waals surface area contributed by atoms with Gasteiger partial charge in [-0.1, -0.05) is 6.92 Å². The van der Waals surface area contributed by atoms with Gasteiger partial charge in [0.05, 0.1) is 0 Å². The number of rotatable bonds is 3. The molecule has 0 fully saturated rings. The Morgan fingerprint density at radius 2 is 1.44 bits per heavy atom. The predicted octanol–water partition coefficient (Wildman–Crippen LogP) is 6.03. The molecule has 1 rings (SSSR count). The summed E-state index contributed by atoms with van der Waals surface area (Å²) >= 11 is 0. The average Bonchev–Trinajstić information content (AvgIpc) is 1.97. The van der Waals surface area contributed by atoms with Gasteiger partial charge in [-0.05, 0) is 13.5 Å². The molecule has 0 saturated heterocycles. The van der Waals surface area contributed by atoms with E-state index >= 15 is 0 Å². The minimum Gasteiger partial charge on any atom is -0.229 e. The van der Waals surface area contributed by atoms with Gasteiger partial charge in [0.1, 0.15) is 0 Å². The molecule has 0 aliphatic carbocycles. The van der Waals surface area contributed by atoms with Crippen LogP contribution < -0.4 is 0 Å². The summed E-state index contributed by atoms with van der Waals surface area (Å²) in [5.74, 6) is 0. The van der Waals surface area contributed by atoms with Gasteiger partial charge in [-0.25, -0.2) is 4.67 Å². The highest BCUT2D eigenvalue weighted by molar-refractivity contribution is 7.78. The minimum atomic E-state index is -5.57. The van der Waals surface area contributed by atoms with Crippen molar-refractivity contribution in [2.24, 2.45) is 13.5 Å². The van der Waals surface area contributed by atoms with E-state index in [0.717, 1.165) is 11.7 Å². The number of halogens is 5. The molecule has 0 bridgehead atoms. The summed E-state index contributed by atoms with van der Waals surface area (Å²) in [7, 11) is -14.6. The van der Waals surface area contributed by atoms with E-state index in [1.165, 1.54) is 0 Å². The fourth-order valence-electron chi connectivity index (χ4n) is 1.04. The Hall–Kier alpha value is 0.300. The average molecular weight is 302 g/mol. The van der Waals surface area contributed by atoms with Gasteiger partial charge in [-0.3, -0.25) is 0 Å². The van der Waals surface area contributed by atoms with Gasteiger partial charge in [-0.15, -0.1) is 30.3 Å². The Balaban J connectivity index is 3.31. The monoisotopic (exact) mass is 302 g/mol. The fraction of sp³-hybridized carbons (Fsp3) is 1.00. The zero-order valence-electron chi connectivity index (χ0n) is 8.43. The van der Waals surface area contributed by atoms with Crippen LogP contribution in [0.2, 0.25) is 0 Å². The molecule has 0 aromatic rings. The maximum absolute atomic E-state index is 13.9. The standard InChI is InChI=1S/C4H10F5N4P3/c1-3-4-13(2)16(9)11-14(5,6)10-15(7,8)12-16/h3-4H2,1-2H3. The number of nitrogens with zero attached hydrogens (tertiary/aromatic N) is 4. The topological polar surface area (TPSA) is 40.3 Å². The van der Waals surface area contributed by atoms with Crippen LogP contribution >= 0.6 is 23.3 Å². The second-order valence-corrected chi connectivity index (χ2v) is 8.70. The summed E-state index contributed by atoms with van der Waals surface area (Å²) in [5.41, 5.74) is 0. The Morgan fingerprint density at radius 3 is 1.88 bits per heavy atom. The molecule has 0 aromatic heterocycles. The van der Waals surface area contributed by atoms with Crippen molar-refractivity contribution in [2.75, 3.05) is 13.6 Å². The third-order valence-electron chi connectivity index (χ3n) is 1.64. The van der Waals surface area contributed by atoms with Crippen molar-refractivity contribution in [1.82, 2.24) is 4.67 Å². The minimum absolute atomic E-state index is 0.0390. The maximum atomic E-state index is 13.9. The van der Waals surface area contributed by atoms with Crippen LogP contribution in [0.1, 0.15) is 13.3 Å². The lowest BCUT2D eigenvalue weighted by Crippen LogP contribution is -2.12. The van der Waals surface area contributed by atoms with Crippen molar-refractivity contribution in [3.8, 4) is 0 Å². The first-order valence-electron chi connectivity index (χ1n) is 4.22. The van der Waals surface area contributed by atoms with Crippen LogP contribution in [0.25, 0.3) is 0 Å². The lowest BCUT2D eigenvalue weighted by molar-refractivity contribution is 0.504. The Labute approximate surface area is 90.2 Å². The van der Waals surface area contributed by atoms with E-state index < -0.39 is 23.3 Å². The van der Waals surface area contributed by atoms with Gasteiger partial charge in [0.15, 0.2) is 0 Å². The first kappa shape index (κ1) is 14.4. The summed E-state index contributed by atoms with van der Waals surface area (Å²) in [6, 6.07) is 0. The van der Waals surface area contributed by atoms with E-state index in [0.29, 0.717) is 6.42 Å². The Bertz CT molecular complexity index is 427. The summed E-state index contributed by atoms with van der Waals surface area (Å²) in [6.07, 6.45) is 0.429. The highest BCUT2D eigenvalue weighted by Gasteiger charge is 2.41. The van der Waals surface area contributed by atoms with Crippen LogP contribution in [-0.4, -0.2) is 18.3 Å². The van der Waals surface area contributed by atoms with Crippen LogP contribution in [-0.2, 0) is 0 Å². The van der Waals surface area contributed by atoms with E-state index in [-0.39, 0.29) is 6.54 Å². The first-order valence-corrected chi connectivity index (χ1v) is 8.71. The molecular formula is C4H10F5N4P3. The summed E-state index contributed by atoms with van der Waals surface area (Å²) < 4.78 is 72.9. The van der Waals surface area contributed by atoms with E-state index in [4.69, 9.17) is 0 Å². The van der Waals surface area contributed by atoms with E-state index in [9.17, 15) is 21.0 Å². The lowest BCUT2D eigenvalue weighted by atomic mass is 10.5. The first-order chi connectivity index (χ1) is 7.10. The summed E-state index contributed by atoms with van der Waals surface area (Å²) in [6.45, 7) is 1.70. The molecule has 12 heteroatoms. The highest BCUT2D eigenvalue weighted by Crippen LogP contribution is 2.82. The van der Waals surface area contributed by atoms with E-state index in [2.05, 4.69) is 9.03 Å². The van der Waals surface area contributed by atoms with Gasteiger partial charge < -0.3 is 0 Å². The molecule has 4 nitrogen and oxygen atoms in total. The SMILES string of the molecule is CCCN(C)P1(F)=NP(F)(F)=NP(F)(F)=N1. The molecule has 1 aliphatic rings. The predicted molar refractivity (Wildman–Crippen MR) is 56.5 cm³/mol. The summed E-state index contributed by atoms with van der Waals surface area (Å²) in [5, 5.41) is 0. The van der Waals surface area contributed by atoms with Crippen molar-refractivity contribution in [3.05, 3.63) is 0 Å². The van der Waals surface area contributed by atoms with Crippen molar-refractivity contribution < 1.29 is 21.0 Å². The number of hydrogen-bond acceptors (Lipinski definition) is 4. The van der Waals surface area contributed by atoms with Crippen LogP contribution in [0, 0.1) is 0 Å². The fourth-order valence-corrected chi connectivity index (χ4v) is 7.21. The van der Waals surface area contributed by atoms with Gasteiger partial charge in [0.25, 0.3) is 0 Å². The molecule has 96 valence electrons. The molecule has 0 N–H and O–H groups in total. The molecule has 1 unspecified atom stereocenters.